The van der Waals surface area contributed by atoms with E-state index in [1.54, 1.807) is 37.3 Å². The fourth-order valence-corrected chi connectivity index (χ4v) is 4.50. The molecule has 2 heterocycles. The van der Waals surface area contributed by atoms with Gasteiger partial charge in [0.15, 0.2) is 0 Å². The van der Waals surface area contributed by atoms with Crippen LogP contribution in [0.4, 0.5) is 10.5 Å². The molecule has 7 nitrogen and oxygen atoms in total. The number of anilines is 1. The monoisotopic (exact) mass is 373 g/mol. The van der Waals surface area contributed by atoms with Crippen molar-refractivity contribution in [1.29, 1.82) is 0 Å². The molecular formula is C20H27N3O4. The number of urea groups is 1. The molecule has 4 rings (SSSR count). The number of benzene rings is 1. The minimum atomic E-state index is -0.684. The lowest BCUT2D eigenvalue weighted by Crippen LogP contribution is -2.62. The zero-order valence-electron chi connectivity index (χ0n) is 16.0. The van der Waals surface area contributed by atoms with Crippen molar-refractivity contribution < 1.29 is 19.1 Å². The summed E-state index contributed by atoms with van der Waals surface area (Å²) in [6.07, 6.45) is 5.49. The maximum atomic E-state index is 13.3. The van der Waals surface area contributed by atoms with E-state index < -0.39 is 5.54 Å². The molecule has 1 aliphatic carbocycles. The number of nitrogens with zero attached hydrogens (tertiary/aromatic N) is 2. The first-order chi connectivity index (χ1) is 13.1. The van der Waals surface area contributed by atoms with Crippen LogP contribution in [-0.2, 0) is 4.79 Å². The summed E-state index contributed by atoms with van der Waals surface area (Å²) in [6, 6.07) is 5.42. The average molecular weight is 373 g/mol. The van der Waals surface area contributed by atoms with Gasteiger partial charge in [0.25, 0.3) is 0 Å². The quantitative estimate of drug-likeness (QED) is 0.881. The minimum Gasteiger partial charge on any atom is -0.497 e. The van der Waals surface area contributed by atoms with E-state index in [9.17, 15) is 9.59 Å². The molecule has 3 aliphatic rings. The van der Waals surface area contributed by atoms with Crippen molar-refractivity contribution in [2.24, 2.45) is 0 Å². The summed E-state index contributed by atoms with van der Waals surface area (Å²) in [5.74, 6) is 1.34. The zero-order chi connectivity index (χ0) is 19.0. The normalized spacial score (nSPS) is 25.0. The van der Waals surface area contributed by atoms with E-state index in [4.69, 9.17) is 9.47 Å². The Morgan fingerprint density at radius 2 is 1.89 bits per heavy atom. The van der Waals surface area contributed by atoms with Gasteiger partial charge in [0.2, 0.25) is 5.91 Å². The fraction of sp³-hybridized carbons (Fsp3) is 0.600. The highest BCUT2D eigenvalue weighted by molar-refractivity contribution is 5.98. The standard InChI is InChI=1S/C20H27N3O4/c1-26-15-7-8-17(27-2)16(13-15)21-19(25)23-12-4-10-20(23)9-3-11-22(18(20)24)14-5-6-14/h7-8,13-14H,3-6,9-12H2,1-2H3,(H,21,25). The first-order valence-electron chi connectivity index (χ1n) is 9.71. The Balaban J connectivity index is 1.57. The lowest BCUT2D eigenvalue weighted by molar-refractivity contribution is -0.146. The van der Waals surface area contributed by atoms with Crippen molar-refractivity contribution in [3.05, 3.63) is 18.2 Å². The van der Waals surface area contributed by atoms with Gasteiger partial charge in [-0.1, -0.05) is 0 Å². The van der Waals surface area contributed by atoms with Crippen molar-refractivity contribution in [3.8, 4) is 11.5 Å². The third-order valence-corrected chi connectivity index (χ3v) is 6.02. The minimum absolute atomic E-state index is 0.140. The lowest BCUT2D eigenvalue weighted by atomic mass is 9.85. The molecule has 1 spiro atoms. The van der Waals surface area contributed by atoms with Gasteiger partial charge in [0.05, 0.1) is 19.9 Å². The van der Waals surface area contributed by atoms with Gasteiger partial charge in [-0.05, 0) is 50.7 Å². The molecular weight excluding hydrogens is 346 g/mol. The van der Waals surface area contributed by atoms with Crippen molar-refractivity contribution in [1.82, 2.24) is 9.80 Å². The summed E-state index contributed by atoms with van der Waals surface area (Å²) < 4.78 is 10.6. The number of ether oxygens (including phenoxy) is 2. The Bertz CT molecular complexity index is 749. The summed E-state index contributed by atoms with van der Waals surface area (Å²) in [6.45, 7) is 1.42. The van der Waals surface area contributed by atoms with Crippen LogP contribution in [0, 0.1) is 0 Å². The summed E-state index contributed by atoms with van der Waals surface area (Å²) in [4.78, 5) is 30.2. The number of nitrogens with one attached hydrogen (secondary N) is 1. The molecule has 1 unspecified atom stereocenters. The zero-order valence-corrected chi connectivity index (χ0v) is 16.0. The van der Waals surface area contributed by atoms with Gasteiger partial charge in [-0.2, -0.15) is 0 Å². The highest BCUT2D eigenvalue weighted by Gasteiger charge is 2.54. The third kappa shape index (κ3) is 3.09. The topological polar surface area (TPSA) is 71.1 Å². The number of piperidine rings is 1. The molecule has 1 N–H and O–H groups in total. The number of amides is 3. The number of likely N-dealkylation sites (tertiary alicyclic amines) is 2. The van der Waals surface area contributed by atoms with E-state index in [1.807, 2.05) is 4.90 Å². The number of hydrogen-bond donors (Lipinski definition) is 1. The van der Waals surface area contributed by atoms with Crippen LogP contribution in [0.25, 0.3) is 0 Å². The number of methoxy groups -OCH3 is 2. The second-order valence-corrected chi connectivity index (χ2v) is 7.62. The Morgan fingerprint density at radius 1 is 1.15 bits per heavy atom. The Labute approximate surface area is 159 Å². The molecule has 1 aromatic rings. The van der Waals surface area contributed by atoms with Gasteiger partial charge in [-0.15, -0.1) is 0 Å². The molecule has 0 radical (unpaired) electrons. The average Bonchev–Trinajstić information content (AvgIpc) is 3.44. The summed E-state index contributed by atoms with van der Waals surface area (Å²) >= 11 is 0. The number of hydrogen-bond acceptors (Lipinski definition) is 4. The molecule has 1 aromatic carbocycles. The van der Waals surface area contributed by atoms with Crippen molar-refractivity contribution >= 4 is 17.6 Å². The van der Waals surface area contributed by atoms with Crippen molar-refractivity contribution in [3.63, 3.8) is 0 Å². The summed E-state index contributed by atoms with van der Waals surface area (Å²) in [5, 5.41) is 2.94. The van der Waals surface area contributed by atoms with Crippen LogP contribution in [0.2, 0.25) is 0 Å². The van der Waals surface area contributed by atoms with Gasteiger partial charge in [0, 0.05) is 25.2 Å². The largest absolute Gasteiger partial charge is 0.497 e. The predicted molar refractivity (Wildman–Crippen MR) is 101 cm³/mol. The second-order valence-electron chi connectivity index (χ2n) is 7.62. The lowest BCUT2D eigenvalue weighted by Gasteiger charge is -2.44. The molecule has 0 aromatic heterocycles. The maximum absolute atomic E-state index is 13.3. The van der Waals surface area contributed by atoms with E-state index in [2.05, 4.69) is 5.32 Å². The van der Waals surface area contributed by atoms with Crippen LogP contribution in [0.5, 0.6) is 11.5 Å². The Hall–Kier alpha value is -2.44. The predicted octanol–water partition coefficient (Wildman–Crippen LogP) is 2.86. The molecule has 2 saturated heterocycles. The molecule has 1 saturated carbocycles. The summed E-state index contributed by atoms with van der Waals surface area (Å²) in [7, 11) is 3.14. The number of carbonyl (C=O) groups is 2. The molecule has 3 amide bonds. The fourth-order valence-electron chi connectivity index (χ4n) is 4.50. The number of rotatable bonds is 4. The third-order valence-electron chi connectivity index (χ3n) is 6.02. The number of carbonyl (C=O) groups excluding carboxylic acids is 2. The van der Waals surface area contributed by atoms with Crippen LogP contribution >= 0.6 is 0 Å². The van der Waals surface area contributed by atoms with E-state index in [0.29, 0.717) is 29.8 Å². The van der Waals surface area contributed by atoms with Crippen molar-refractivity contribution in [2.45, 2.75) is 50.1 Å². The molecule has 3 fully saturated rings. The van der Waals surface area contributed by atoms with Gasteiger partial charge >= 0.3 is 6.03 Å². The molecule has 2 aliphatic heterocycles. The second kappa shape index (κ2) is 6.94. The SMILES string of the molecule is COc1ccc(OC)c(NC(=O)N2CCCC23CCCN(C2CC2)C3=O)c1. The maximum Gasteiger partial charge on any atom is 0.322 e. The first-order valence-corrected chi connectivity index (χ1v) is 9.71. The molecule has 0 bridgehead atoms. The Morgan fingerprint density at radius 3 is 2.56 bits per heavy atom. The highest BCUT2D eigenvalue weighted by Crippen LogP contribution is 2.42. The van der Waals surface area contributed by atoms with Crippen LogP contribution in [0.15, 0.2) is 18.2 Å². The van der Waals surface area contributed by atoms with Crippen LogP contribution in [-0.4, -0.2) is 60.6 Å². The van der Waals surface area contributed by atoms with Crippen LogP contribution in [0.1, 0.15) is 38.5 Å². The van der Waals surface area contributed by atoms with E-state index in [0.717, 1.165) is 45.1 Å². The van der Waals surface area contributed by atoms with Gasteiger partial charge in [0.1, 0.15) is 17.0 Å². The molecule has 146 valence electrons. The van der Waals surface area contributed by atoms with E-state index in [1.165, 1.54) is 0 Å². The molecule has 27 heavy (non-hydrogen) atoms. The van der Waals surface area contributed by atoms with Gasteiger partial charge in [-0.25, -0.2) is 4.79 Å². The van der Waals surface area contributed by atoms with Gasteiger partial charge < -0.3 is 24.6 Å². The van der Waals surface area contributed by atoms with Gasteiger partial charge in [-0.3, -0.25) is 4.79 Å². The molecule has 7 heteroatoms. The highest BCUT2D eigenvalue weighted by atomic mass is 16.5. The van der Waals surface area contributed by atoms with Crippen LogP contribution in [0.3, 0.4) is 0 Å². The van der Waals surface area contributed by atoms with Crippen LogP contribution < -0.4 is 14.8 Å². The molecule has 1 atom stereocenters. The van der Waals surface area contributed by atoms with E-state index >= 15 is 0 Å². The smallest absolute Gasteiger partial charge is 0.322 e. The Kier molecular flexibility index (Phi) is 4.61. The van der Waals surface area contributed by atoms with Crippen molar-refractivity contribution in [2.75, 3.05) is 32.6 Å². The summed E-state index contributed by atoms with van der Waals surface area (Å²) in [5.41, 5.74) is -0.136. The first kappa shape index (κ1) is 17.9. The van der Waals surface area contributed by atoms with E-state index in [-0.39, 0.29) is 11.9 Å².